The second-order valence-corrected chi connectivity index (χ2v) is 7.08. The van der Waals surface area contributed by atoms with Crippen molar-refractivity contribution in [3.63, 3.8) is 0 Å². The molecule has 3 atom stereocenters. The number of hydrogen-bond acceptors (Lipinski definition) is 4. The van der Waals surface area contributed by atoms with Gasteiger partial charge in [-0.25, -0.2) is 4.79 Å². The summed E-state index contributed by atoms with van der Waals surface area (Å²) in [5.41, 5.74) is 0. The van der Waals surface area contributed by atoms with Crippen molar-refractivity contribution in [2.24, 2.45) is 0 Å². The average Bonchev–Trinajstić information content (AvgIpc) is 3.18. The lowest BCUT2D eigenvalue weighted by Gasteiger charge is -2.35. The first-order chi connectivity index (χ1) is 11.5. The van der Waals surface area contributed by atoms with Gasteiger partial charge in [0.15, 0.2) is 0 Å². The van der Waals surface area contributed by atoms with E-state index in [9.17, 15) is 4.79 Å². The Morgan fingerprint density at radius 3 is 2.67 bits per heavy atom. The molecule has 1 saturated carbocycles. The summed E-state index contributed by atoms with van der Waals surface area (Å²) < 4.78 is 11.2. The summed E-state index contributed by atoms with van der Waals surface area (Å²) in [6.07, 6.45) is 4.33. The van der Waals surface area contributed by atoms with E-state index in [-0.39, 0.29) is 24.3 Å². The zero-order valence-corrected chi connectivity index (χ0v) is 14.9. The largest absolute Gasteiger partial charge is 0.467 e. The van der Waals surface area contributed by atoms with E-state index in [1.165, 1.54) is 0 Å². The molecular weight excluding hydrogens is 306 g/mol. The normalized spacial score (nSPS) is 26.1. The first-order valence-electron chi connectivity index (χ1n) is 9.02. The molecule has 0 spiro atoms. The van der Waals surface area contributed by atoms with Gasteiger partial charge in [0.25, 0.3) is 0 Å². The number of furan rings is 1. The van der Waals surface area contributed by atoms with Gasteiger partial charge in [-0.2, -0.15) is 0 Å². The van der Waals surface area contributed by atoms with Crippen molar-refractivity contribution >= 4 is 6.03 Å². The number of rotatable bonds is 6. The highest BCUT2D eigenvalue weighted by atomic mass is 16.5. The summed E-state index contributed by atoms with van der Waals surface area (Å²) in [7, 11) is 0. The van der Waals surface area contributed by atoms with Gasteiger partial charge in [0.05, 0.1) is 24.5 Å². The fraction of sp³-hybridized carbons (Fsp3) is 0.722. The van der Waals surface area contributed by atoms with Gasteiger partial charge < -0.3 is 19.4 Å². The number of morpholine rings is 1. The zero-order valence-electron chi connectivity index (χ0n) is 14.9. The second kappa shape index (κ2) is 7.57. The standard InChI is InChI=1S/C18H29N3O3/c1-13-11-20(12-14(2)24-13)9-8-19-18(22)21(16-6-7-16)15(3)17-5-4-10-23-17/h4-5,10,13-16H,6-9,11-12H2,1-3H3,(H,19,22)/t13-,14+,15-/m0/s1. The Balaban J connectivity index is 1.49. The van der Waals surface area contributed by atoms with E-state index in [2.05, 4.69) is 24.1 Å². The Kier molecular flexibility index (Phi) is 5.46. The van der Waals surface area contributed by atoms with Crippen LogP contribution in [0.15, 0.2) is 22.8 Å². The average molecular weight is 335 g/mol. The molecule has 2 aliphatic rings. The number of hydrogen-bond donors (Lipinski definition) is 1. The van der Waals surface area contributed by atoms with E-state index in [4.69, 9.17) is 9.15 Å². The van der Waals surface area contributed by atoms with Crippen LogP contribution in [0, 0.1) is 0 Å². The minimum Gasteiger partial charge on any atom is -0.467 e. The highest BCUT2D eigenvalue weighted by Gasteiger charge is 2.37. The van der Waals surface area contributed by atoms with Gasteiger partial charge in [0.2, 0.25) is 0 Å². The maximum Gasteiger partial charge on any atom is 0.318 e. The van der Waals surface area contributed by atoms with Crippen molar-refractivity contribution in [2.45, 2.75) is 57.9 Å². The van der Waals surface area contributed by atoms with Gasteiger partial charge in [-0.3, -0.25) is 4.90 Å². The van der Waals surface area contributed by atoms with Gasteiger partial charge in [-0.1, -0.05) is 0 Å². The summed E-state index contributed by atoms with van der Waals surface area (Å²) in [4.78, 5) is 17.0. The highest BCUT2D eigenvalue weighted by Crippen LogP contribution is 2.34. The molecule has 2 heterocycles. The Morgan fingerprint density at radius 1 is 1.38 bits per heavy atom. The number of carbonyl (C=O) groups is 1. The summed E-state index contributed by atoms with van der Waals surface area (Å²) in [5, 5.41) is 3.09. The smallest absolute Gasteiger partial charge is 0.318 e. The number of amides is 2. The van der Waals surface area contributed by atoms with Crippen LogP contribution in [0.5, 0.6) is 0 Å². The maximum atomic E-state index is 12.7. The molecule has 6 nitrogen and oxygen atoms in total. The molecule has 6 heteroatoms. The number of carbonyl (C=O) groups excluding carboxylic acids is 1. The molecule has 3 rings (SSSR count). The van der Waals surface area contributed by atoms with Gasteiger partial charge in [-0.15, -0.1) is 0 Å². The molecule has 1 aromatic rings. The van der Waals surface area contributed by atoms with Gasteiger partial charge in [0, 0.05) is 32.2 Å². The monoisotopic (exact) mass is 335 g/mol. The quantitative estimate of drug-likeness (QED) is 0.868. The van der Waals surface area contributed by atoms with Crippen LogP contribution in [-0.2, 0) is 4.74 Å². The van der Waals surface area contributed by atoms with Crippen molar-refractivity contribution in [2.75, 3.05) is 26.2 Å². The summed E-state index contributed by atoms with van der Waals surface area (Å²) in [5.74, 6) is 0.841. The van der Waals surface area contributed by atoms with Gasteiger partial charge >= 0.3 is 6.03 Å². The van der Waals surface area contributed by atoms with Crippen molar-refractivity contribution in [3.8, 4) is 0 Å². The fourth-order valence-electron chi connectivity index (χ4n) is 3.56. The number of nitrogens with zero attached hydrogens (tertiary/aromatic N) is 2. The molecule has 0 aromatic carbocycles. The van der Waals surface area contributed by atoms with Crippen LogP contribution in [0.2, 0.25) is 0 Å². The van der Waals surface area contributed by atoms with E-state index in [1.54, 1.807) is 6.26 Å². The minimum atomic E-state index is -0.0315. The molecule has 134 valence electrons. The Labute approximate surface area is 144 Å². The minimum absolute atomic E-state index is 0.00996. The van der Waals surface area contributed by atoms with E-state index in [0.717, 1.165) is 38.2 Å². The molecule has 24 heavy (non-hydrogen) atoms. The van der Waals surface area contributed by atoms with Crippen LogP contribution in [0.3, 0.4) is 0 Å². The topological polar surface area (TPSA) is 58.0 Å². The van der Waals surface area contributed by atoms with Crippen molar-refractivity contribution < 1.29 is 13.9 Å². The van der Waals surface area contributed by atoms with Gasteiger partial charge in [0.1, 0.15) is 5.76 Å². The predicted octanol–water partition coefficient (Wildman–Crippen LogP) is 2.62. The van der Waals surface area contributed by atoms with Crippen molar-refractivity contribution in [3.05, 3.63) is 24.2 Å². The van der Waals surface area contributed by atoms with E-state index in [0.29, 0.717) is 12.6 Å². The molecule has 1 aliphatic heterocycles. The molecular formula is C18H29N3O3. The Morgan fingerprint density at radius 2 is 2.08 bits per heavy atom. The summed E-state index contributed by atoms with van der Waals surface area (Å²) >= 11 is 0. The van der Waals surface area contributed by atoms with Crippen LogP contribution < -0.4 is 5.32 Å². The lowest BCUT2D eigenvalue weighted by atomic mass is 10.2. The first kappa shape index (κ1) is 17.3. The molecule has 0 bridgehead atoms. The third kappa shape index (κ3) is 4.30. The number of urea groups is 1. The predicted molar refractivity (Wildman–Crippen MR) is 91.8 cm³/mol. The Bertz CT molecular complexity index is 520. The van der Waals surface area contributed by atoms with E-state index in [1.807, 2.05) is 24.0 Å². The molecule has 1 N–H and O–H groups in total. The fourth-order valence-corrected chi connectivity index (χ4v) is 3.56. The van der Waals surface area contributed by atoms with E-state index < -0.39 is 0 Å². The summed E-state index contributed by atoms with van der Waals surface area (Å²) in [6.45, 7) is 9.60. The van der Waals surface area contributed by atoms with Crippen molar-refractivity contribution in [1.82, 2.24) is 15.1 Å². The first-order valence-corrected chi connectivity index (χ1v) is 9.02. The molecule has 0 radical (unpaired) electrons. The van der Waals surface area contributed by atoms with E-state index >= 15 is 0 Å². The molecule has 1 saturated heterocycles. The molecule has 1 aliphatic carbocycles. The molecule has 0 unspecified atom stereocenters. The summed E-state index contributed by atoms with van der Waals surface area (Å²) in [6, 6.07) is 4.12. The third-order valence-corrected chi connectivity index (χ3v) is 4.75. The Hall–Kier alpha value is -1.53. The zero-order chi connectivity index (χ0) is 17.1. The van der Waals surface area contributed by atoms with Crippen LogP contribution in [0.25, 0.3) is 0 Å². The van der Waals surface area contributed by atoms with Crippen LogP contribution in [0.1, 0.15) is 45.4 Å². The third-order valence-electron chi connectivity index (χ3n) is 4.75. The van der Waals surface area contributed by atoms with Crippen molar-refractivity contribution in [1.29, 1.82) is 0 Å². The maximum absolute atomic E-state index is 12.7. The number of ether oxygens (including phenoxy) is 1. The highest BCUT2D eigenvalue weighted by molar-refractivity contribution is 5.75. The van der Waals surface area contributed by atoms with Crippen LogP contribution >= 0.6 is 0 Å². The molecule has 1 aromatic heterocycles. The molecule has 2 amide bonds. The van der Waals surface area contributed by atoms with Crippen LogP contribution in [0.4, 0.5) is 4.79 Å². The lowest BCUT2D eigenvalue weighted by molar-refractivity contribution is -0.0673. The van der Waals surface area contributed by atoms with Crippen LogP contribution in [-0.4, -0.2) is 60.3 Å². The van der Waals surface area contributed by atoms with Gasteiger partial charge in [-0.05, 0) is 45.7 Å². The lowest BCUT2D eigenvalue weighted by Crippen LogP contribution is -2.49. The molecule has 2 fully saturated rings. The second-order valence-electron chi connectivity index (χ2n) is 7.08. The SMILES string of the molecule is C[C@@H]1CN(CCNC(=O)N(C2CC2)[C@@H](C)c2ccco2)C[C@H](C)O1. The number of nitrogens with one attached hydrogen (secondary N) is 1.